The van der Waals surface area contributed by atoms with Gasteiger partial charge in [-0.2, -0.15) is 5.10 Å². The molecule has 19 heavy (non-hydrogen) atoms. The first-order chi connectivity index (χ1) is 8.97. The van der Waals surface area contributed by atoms with Crippen molar-refractivity contribution in [2.45, 2.75) is 13.5 Å². The maximum atomic E-state index is 12.0. The fourth-order valence-corrected chi connectivity index (χ4v) is 1.84. The van der Waals surface area contributed by atoms with E-state index in [1.54, 1.807) is 25.2 Å². The summed E-state index contributed by atoms with van der Waals surface area (Å²) in [5.74, 6) is -0.138. The van der Waals surface area contributed by atoms with Gasteiger partial charge in [-0.25, -0.2) is 0 Å². The van der Waals surface area contributed by atoms with Crippen LogP contribution in [-0.4, -0.2) is 20.8 Å². The third kappa shape index (κ3) is 2.85. The van der Waals surface area contributed by atoms with Gasteiger partial charge in [-0.1, -0.05) is 0 Å². The molecule has 1 aromatic heterocycles. The predicted molar refractivity (Wildman–Crippen MR) is 71.6 cm³/mol. The van der Waals surface area contributed by atoms with E-state index in [1.807, 2.05) is 6.92 Å². The third-order valence-corrected chi connectivity index (χ3v) is 2.78. The van der Waals surface area contributed by atoms with Crippen molar-refractivity contribution in [3.63, 3.8) is 0 Å². The van der Waals surface area contributed by atoms with Gasteiger partial charge in [-0.05, 0) is 31.2 Å². The number of nitrogens with one attached hydrogen (secondary N) is 1. The zero-order chi connectivity index (χ0) is 14.0. The van der Waals surface area contributed by atoms with Crippen molar-refractivity contribution in [2.75, 3.05) is 5.73 Å². The first-order valence-corrected chi connectivity index (χ1v) is 5.83. The molecule has 0 aliphatic rings. The summed E-state index contributed by atoms with van der Waals surface area (Å²) in [6, 6.07) is 6.44. The molecule has 1 heterocycles. The highest BCUT2D eigenvalue weighted by Crippen LogP contribution is 2.19. The van der Waals surface area contributed by atoms with Gasteiger partial charge in [0.2, 0.25) is 0 Å². The van der Waals surface area contributed by atoms with Crippen LogP contribution in [0.1, 0.15) is 21.7 Å². The summed E-state index contributed by atoms with van der Waals surface area (Å²) in [7, 11) is 1.71. The second kappa shape index (κ2) is 5.01. The molecular weight excluding hydrogens is 244 g/mol. The molecule has 0 unspecified atom stereocenters. The molecule has 6 heteroatoms. The molecule has 0 radical (unpaired) electrons. The van der Waals surface area contributed by atoms with Crippen molar-refractivity contribution in [2.24, 2.45) is 7.05 Å². The number of hydrogen-bond donors (Lipinski definition) is 3. The highest BCUT2D eigenvalue weighted by atomic mass is 16.3. The number of rotatable bonds is 3. The summed E-state index contributed by atoms with van der Waals surface area (Å²) in [4.78, 5) is 12.0. The summed E-state index contributed by atoms with van der Waals surface area (Å²) >= 11 is 0. The van der Waals surface area contributed by atoms with E-state index in [1.165, 1.54) is 10.7 Å². The number of hydrogen-bond acceptors (Lipinski definition) is 4. The molecular formula is C13H16N4O2. The van der Waals surface area contributed by atoms with E-state index in [-0.39, 0.29) is 18.2 Å². The molecule has 0 aliphatic heterocycles. The lowest BCUT2D eigenvalue weighted by Crippen LogP contribution is -2.25. The minimum absolute atomic E-state index is 0.107. The molecule has 2 aromatic rings. The Labute approximate surface area is 110 Å². The molecule has 6 nitrogen and oxygen atoms in total. The lowest BCUT2D eigenvalue weighted by Gasteiger charge is -2.08. The number of phenols is 1. The summed E-state index contributed by atoms with van der Waals surface area (Å²) in [5, 5.41) is 16.5. The maximum Gasteiger partial charge on any atom is 0.269 e. The number of anilines is 1. The Kier molecular flexibility index (Phi) is 3.41. The Morgan fingerprint density at radius 3 is 2.84 bits per heavy atom. The smallest absolute Gasteiger partial charge is 0.269 e. The summed E-state index contributed by atoms with van der Waals surface area (Å²) in [6.07, 6.45) is 0. The fraction of sp³-hybridized carbons (Fsp3) is 0.231. The fourth-order valence-electron chi connectivity index (χ4n) is 1.84. The number of nitrogens with zero attached hydrogens (tertiary/aromatic N) is 2. The average Bonchev–Trinajstić information content (AvgIpc) is 2.69. The minimum Gasteiger partial charge on any atom is -0.508 e. The second-order valence-electron chi connectivity index (χ2n) is 4.37. The second-order valence-corrected chi connectivity index (χ2v) is 4.37. The van der Waals surface area contributed by atoms with Crippen LogP contribution in [0.25, 0.3) is 0 Å². The molecule has 1 aromatic carbocycles. The van der Waals surface area contributed by atoms with E-state index in [0.29, 0.717) is 16.9 Å². The van der Waals surface area contributed by atoms with Gasteiger partial charge in [0.15, 0.2) is 0 Å². The van der Waals surface area contributed by atoms with Crippen LogP contribution in [0.2, 0.25) is 0 Å². The van der Waals surface area contributed by atoms with Crippen molar-refractivity contribution in [1.29, 1.82) is 0 Å². The lowest BCUT2D eigenvalue weighted by molar-refractivity contribution is 0.0941. The Morgan fingerprint density at radius 2 is 2.21 bits per heavy atom. The van der Waals surface area contributed by atoms with Crippen molar-refractivity contribution < 1.29 is 9.90 Å². The number of aryl methyl sites for hydroxylation is 2. The predicted octanol–water partition coefficient (Wildman–Crippen LogP) is 0.946. The molecule has 0 bridgehead atoms. The van der Waals surface area contributed by atoms with E-state index >= 15 is 0 Å². The van der Waals surface area contributed by atoms with Gasteiger partial charge >= 0.3 is 0 Å². The Hall–Kier alpha value is -2.50. The number of carbonyl (C=O) groups excluding carboxylic acids is 1. The van der Waals surface area contributed by atoms with Crippen LogP contribution >= 0.6 is 0 Å². The number of benzene rings is 1. The normalized spacial score (nSPS) is 10.4. The van der Waals surface area contributed by atoms with E-state index in [0.717, 1.165) is 5.69 Å². The van der Waals surface area contributed by atoms with Crippen molar-refractivity contribution in [1.82, 2.24) is 15.1 Å². The van der Waals surface area contributed by atoms with Crippen LogP contribution < -0.4 is 11.1 Å². The van der Waals surface area contributed by atoms with E-state index < -0.39 is 0 Å². The number of phenolic OH excluding ortho intramolecular Hbond substituents is 1. The molecule has 0 atom stereocenters. The third-order valence-electron chi connectivity index (χ3n) is 2.78. The van der Waals surface area contributed by atoms with Crippen molar-refractivity contribution in [3.05, 3.63) is 41.2 Å². The standard InChI is InChI=1S/C13H16N4O2/c1-8-5-11(17(2)16-8)13(19)15-7-9-6-10(14)3-4-12(9)18/h3-6,18H,7,14H2,1-2H3,(H,15,19). The highest BCUT2D eigenvalue weighted by molar-refractivity contribution is 5.92. The van der Waals surface area contributed by atoms with Gasteiger partial charge in [0, 0.05) is 24.8 Å². The zero-order valence-corrected chi connectivity index (χ0v) is 10.8. The molecule has 0 saturated heterocycles. The van der Waals surface area contributed by atoms with E-state index in [9.17, 15) is 9.90 Å². The van der Waals surface area contributed by atoms with Crippen LogP contribution in [0.15, 0.2) is 24.3 Å². The number of nitrogen functional groups attached to an aromatic ring is 1. The van der Waals surface area contributed by atoms with Crippen LogP contribution in [0.5, 0.6) is 5.75 Å². The minimum atomic E-state index is -0.245. The van der Waals surface area contributed by atoms with Crippen LogP contribution in [0.4, 0.5) is 5.69 Å². The van der Waals surface area contributed by atoms with Crippen LogP contribution in [-0.2, 0) is 13.6 Å². The largest absolute Gasteiger partial charge is 0.508 e. The quantitative estimate of drug-likeness (QED) is 0.565. The van der Waals surface area contributed by atoms with Gasteiger partial charge in [-0.3, -0.25) is 9.48 Å². The molecule has 100 valence electrons. The van der Waals surface area contributed by atoms with Crippen LogP contribution in [0.3, 0.4) is 0 Å². The number of aromatic nitrogens is 2. The Morgan fingerprint density at radius 1 is 1.47 bits per heavy atom. The summed E-state index contributed by atoms with van der Waals surface area (Å²) in [5.41, 5.74) is 8.00. The molecule has 0 aliphatic carbocycles. The number of amides is 1. The number of carbonyl (C=O) groups is 1. The highest BCUT2D eigenvalue weighted by Gasteiger charge is 2.12. The lowest BCUT2D eigenvalue weighted by atomic mass is 10.1. The number of aromatic hydroxyl groups is 1. The topological polar surface area (TPSA) is 93.2 Å². The van der Waals surface area contributed by atoms with E-state index in [2.05, 4.69) is 10.4 Å². The molecule has 1 amide bonds. The van der Waals surface area contributed by atoms with Gasteiger partial charge in [-0.15, -0.1) is 0 Å². The number of nitrogens with two attached hydrogens (primary N) is 1. The van der Waals surface area contributed by atoms with Gasteiger partial charge in [0.1, 0.15) is 11.4 Å². The van der Waals surface area contributed by atoms with Crippen molar-refractivity contribution >= 4 is 11.6 Å². The van der Waals surface area contributed by atoms with Gasteiger partial charge in [0.25, 0.3) is 5.91 Å². The van der Waals surface area contributed by atoms with E-state index in [4.69, 9.17) is 5.73 Å². The van der Waals surface area contributed by atoms with Gasteiger partial charge < -0.3 is 16.2 Å². The molecule has 4 N–H and O–H groups in total. The zero-order valence-electron chi connectivity index (χ0n) is 10.8. The molecule has 2 rings (SSSR count). The average molecular weight is 260 g/mol. The summed E-state index contributed by atoms with van der Waals surface area (Å²) < 4.78 is 1.52. The first-order valence-electron chi connectivity index (χ1n) is 5.83. The molecule has 0 saturated carbocycles. The Balaban J connectivity index is 2.08. The Bertz CT molecular complexity index is 619. The van der Waals surface area contributed by atoms with Gasteiger partial charge in [0.05, 0.1) is 5.69 Å². The SMILES string of the molecule is Cc1cc(C(=O)NCc2cc(N)ccc2O)n(C)n1. The van der Waals surface area contributed by atoms with Crippen molar-refractivity contribution in [3.8, 4) is 5.75 Å². The molecule has 0 fully saturated rings. The maximum absolute atomic E-state index is 12.0. The summed E-state index contributed by atoms with van der Waals surface area (Å²) in [6.45, 7) is 2.03. The first kappa shape index (κ1) is 12.9. The van der Waals surface area contributed by atoms with Crippen LogP contribution in [0, 0.1) is 6.92 Å². The molecule has 0 spiro atoms. The monoisotopic (exact) mass is 260 g/mol.